The summed E-state index contributed by atoms with van der Waals surface area (Å²) in [7, 11) is 0. The number of hydrogen-bond acceptors (Lipinski definition) is 4. The second-order valence-corrected chi connectivity index (χ2v) is 9.55. The molecule has 0 radical (unpaired) electrons. The lowest BCUT2D eigenvalue weighted by molar-refractivity contribution is -0.177. The maximum atomic E-state index is 13.8. The monoisotopic (exact) mass is 490 g/mol. The maximum absolute atomic E-state index is 13.8. The Bertz CT molecular complexity index is 664. The van der Waals surface area contributed by atoms with Gasteiger partial charge in [0.1, 0.15) is 11.2 Å². The number of alkyl halides is 3. The van der Waals surface area contributed by atoms with E-state index in [0.717, 1.165) is 25.7 Å². The predicted octanol–water partition coefficient (Wildman–Crippen LogP) is 6.76. The van der Waals surface area contributed by atoms with Crippen molar-refractivity contribution in [1.82, 2.24) is 0 Å². The molecule has 2 aliphatic rings. The Morgan fingerprint density at radius 3 is 2.41 bits per heavy atom. The Balaban J connectivity index is 2.46. The van der Waals surface area contributed by atoms with Crippen LogP contribution in [0.3, 0.4) is 0 Å². The first-order chi connectivity index (χ1) is 16.3. The lowest BCUT2D eigenvalue weighted by atomic mass is 9.69. The summed E-state index contributed by atoms with van der Waals surface area (Å²) in [6.45, 7) is 2.19. The van der Waals surface area contributed by atoms with E-state index in [1.165, 1.54) is 6.08 Å². The number of aliphatic hydroxyl groups is 1. The van der Waals surface area contributed by atoms with E-state index in [2.05, 4.69) is 0 Å². The topological polar surface area (TPSA) is 76.0 Å². The van der Waals surface area contributed by atoms with Crippen molar-refractivity contribution < 1.29 is 37.7 Å². The number of hydrogen-bond donors (Lipinski definition) is 2. The average molecular weight is 491 g/mol. The zero-order chi connectivity index (χ0) is 25.0. The minimum Gasteiger partial charge on any atom is -0.480 e. The fourth-order valence-electron chi connectivity index (χ4n) is 5.23. The number of allylic oxidation sites excluding steroid dienone is 2. The molecule has 1 saturated carbocycles. The molecule has 1 heterocycles. The van der Waals surface area contributed by atoms with Crippen molar-refractivity contribution in [1.29, 1.82) is 0 Å². The van der Waals surface area contributed by atoms with Crippen molar-refractivity contribution in [2.24, 2.45) is 17.3 Å². The van der Waals surface area contributed by atoms with Gasteiger partial charge in [-0.2, -0.15) is 13.2 Å². The van der Waals surface area contributed by atoms with Gasteiger partial charge in [0.2, 0.25) is 0 Å². The third kappa shape index (κ3) is 8.01. The van der Waals surface area contributed by atoms with Gasteiger partial charge in [0.15, 0.2) is 6.29 Å². The van der Waals surface area contributed by atoms with Crippen LogP contribution in [0, 0.1) is 17.3 Å². The molecule has 0 aromatic rings. The molecule has 0 amide bonds. The molecule has 34 heavy (non-hydrogen) atoms. The molecule has 1 aliphatic heterocycles. The van der Waals surface area contributed by atoms with Crippen LogP contribution in [-0.4, -0.2) is 41.9 Å². The summed E-state index contributed by atoms with van der Waals surface area (Å²) in [5, 5.41) is 19.6. The summed E-state index contributed by atoms with van der Waals surface area (Å²) in [6.07, 6.45) is 6.59. The molecule has 2 rings (SSSR count). The van der Waals surface area contributed by atoms with Crippen molar-refractivity contribution in [3.63, 3.8) is 0 Å². The zero-order valence-corrected chi connectivity index (χ0v) is 20.3. The fraction of sp³-hybridized carbons (Fsp3) is 0.808. The van der Waals surface area contributed by atoms with Crippen LogP contribution >= 0.6 is 0 Å². The smallest absolute Gasteiger partial charge is 0.392 e. The number of aliphatic carboxylic acids is 1. The highest BCUT2D eigenvalue weighted by atomic mass is 19.4. The van der Waals surface area contributed by atoms with Crippen LogP contribution < -0.4 is 0 Å². The average Bonchev–Trinajstić information content (AvgIpc) is 3.33. The number of carboxylic acids is 1. The van der Waals surface area contributed by atoms with Crippen LogP contribution in [0.25, 0.3) is 0 Å². The molecule has 0 bridgehead atoms. The predicted molar refractivity (Wildman–Crippen MR) is 124 cm³/mol. The Labute approximate surface area is 201 Å². The van der Waals surface area contributed by atoms with Crippen molar-refractivity contribution in [3.05, 3.63) is 24.0 Å². The Hall–Kier alpha value is -1.54. The van der Waals surface area contributed by atoms with Crippen molar-refractivity contribution in [3.8, 4) is 0 Å². The van der Waals surface area contributed by atoms with E-state index in [1.54, 1.807) is 12.2 Å². The lowest BCUT2D eigenvalue weighted by Crippen LogP contribution is -2.42. The lowest BCUT2D eigenvalue weighted by Gasteiger charge is -2.39. The van der Waals surface area contributed by atoms with Crippen molar-refractivity contribution >= 4 is 5.97 Å². The first-order valence-electron chi connectivity index (χ1n) is 12.8. The number of carboxylic acid groups (broad SMARTS) is 1. The summed E-state index contributed by atoms with van der Waals surface area (Å²) in [4.78, 5) is 12.9. The van der Waals surface area contributed by atoms with Crippen LogP contribution in [-0.2, 0) is 14.3 Å². The first kappa shape index (κ1) is 28.7. The van der Waals surface area contributed by atoms with Gasteiger partial charge < -0.3 is 19.7 Å². The normalized spacial score (nSPS) is 23.2. The molecule has 8 heteroatoms. The number of unbranched alkanes of at least 4 members (excludes halogenated alkanes) is 1. The SMILES string of the molecule is CCCCC(CC=C(OC1CCCCO1)[C@](CCC=CCO)(C(=O)O)C1CCCC1)C(F)(F)F. The van der Waals surface area contributed by atoms with Gasteiger partial charge in [-0.15, -0.1) is 0 Å². The number of ether oxygens (including phenoxy) is 2. The molecule has 2 fully saturated rings. The molecule has 5 nitrogen and oxygen atoms in total. The maximum Gasteiger partial charge on any atom is 0.392 e. The molecule has 1 saturated heterocycles. The largest absolute Gasteiger partial charge is 0.480 e. The molecule has 3 atom stereocenters. The Kier molecular flexibility index (Phi) is 11.9. The summed E-state index contributed by atoms with van der Waals surface area (Å²) in [6, 6.07) is 0. The van der Waals surface area contributed by atoms with E-state index in [4.69, 9.17) is 14.6 Å². The molecule has 2 unspecified atom stereocenters. The van der Waals surface area contributed by atoms with E-state index in [-0.39, 0.29) is 37.5 Å². The summed E-state index contributed by atoms with van der Waals surface area (Å²) in [5.74, 6) is -2.69. The molecule has 196 valence electrons. The van der Waals surface area contributed by atoms with Gasteiger partial charge in [0.05, 0.1) is 19.1 Å². The van der Waals surface area contributed by atoms with Gasteiger partial charge in [-0.3, -0.25) is 4.79 Å². The van der Waals surface area contributed by atoms with Crippen LogP contribution in [0.4, 0.5) is 13.2 Å². The Morgan fingerprint density at radius 2 is 1.85 bits per heavy atom. The number of aliphatic hydroxyl groups excluding tert-OH is 1. The minimum absolute atomic E-state index is 0.00640. The first-order valence-corrected chi connectivity index (χ1v) is 12.8. The number of halogens is 3. The second kappa shape index (κ2) is 14.1. The highest BCUT2D eigenvalue weighted by molar-refractivity contribution is 5.78. The van der Waals surface area contributed by atoms with E-state index >= 15 is 0 Å². The molecule has 0 aromatic heterocycles. The van der Waals surface area contributed by atoms with Gasteiger partial charge in [-0.1, -0.05) is 44.8 Å². The van der Waals surface area contributed by atoms with E-state index in [9.17, 15) is 23.1 Å². The Morgan fingerprint density at radius 1 is 1.15 bits per heavy atom. The van der Waals surface area contributed by atoms with Gasteiger partial charge in [-0.05, 0) is 63.4 Å². The highest BCUT2D eigenvalue weighted by Crippen LogP contribution is 2.50. The fourth-order valence-corrected chi connectivity index (χ4v) is 5.23. The van der Waals surface area contributed by atoms with Gasteiger partial charge in [0.25, 0.3) is 0 Å². The van der Waals surface area contributed by atoms with Crippen LogP contribution in [0.15, 0.2) is 24.0 Å². The van der Waals surface area contributed by atoms with Crippen LogP contribution in [0.5, 0.6) is 0 Å². The third-order valence-electron chi connectivity index (χ3n) is 7.20. The third-order valence-corrected chi connectivity index (χ3v) is 7.20. The molecule has 1 aliphatic carbocycles. The molecular weight excluding hydrogens is 449 g/mol. The van der Waals surface area contributed by atoms with Crippen LogP contribution in [0.2, 0.25) is 0 Å². The van der Waals surface area contributed by atoms with Crippen LogP contribution in [0.1, 0.15) is 90.4 Å². The molecule has 0 spiro atoms. The standard InChI is InChI=1S/C26H41F3O5/c1-2-3-11-21(26(27,28)29)15-16-22(34-23-14-7-10-19-33-23)25(24(31)32,17-8-4-9-18-30)20-12-5-6-13-20/h4,9,16,20-21,23,30H,2-3,5-8,10-15,17-19H2,1H3,(H,31,32)/t21?,23?,25-/m1/s1. The quantitative estimate of drug-likeness (QED) is 0.208. The molecule has 0 aromatic carbocycles. The van der Waals surface area contributed by atoms with Gasteiger partial charge >= 0.3 is 12.1 Å². The molecule has 2 N–H and O–H groups in total. The minimum atomic E-state index is -4.36. The van der Waals surface area contributed by atoms with E-state index in [1.807, 2.05) is 6.92 Å². The van der Waals surface area contributed by atoms with Crippen molar-refractivity contribution in [2.75, 3.05) is 13.2 Å². The van der Waals surface area contributed by atoms with E-state index in [0.29, 0.717) is 45.1 Å². The zero-order valence-electron chi connectivity index (χ0n) is 20.3. The summed E-state index contributed by atoms with van der Waals surface area (Å²) < 4.78 is 53.1. The van der Waals surface area contributed by atoms with Gasteiger partial charge in [0, 0.05) is 6.42 Å². The highest BCUT2D eigenvalue weighted by Gasteiger charge is 2.51. The van der Waals surface area contributed by atoms with Crippen molar-refractivity contribution in [2.45, 2.75) is 103 Å². The summed E-state index contributed by atoms with van der Waals surface area (Å²) in [5.41, 5.74) is -1.42. The van der Waals surface area contributed by atoms with E-state index < -0.39 is 29.8 Å². The summed E-state index contributed by atoms with van der Waals surface area (Å²) >= 11 is 0. The second-order valence-electron chi connectivity index (χ2n) is 9.55. The molecular formula is C26H41F3O5. The van der Waals surface area contributed by atoms with Gasteiger partial charge in [-0.25, -0.2) is 0 Å². The number of rotatable bonds is 14. The number of carbonyl (C=O) groups is 1.